The Kier molecular flexibility index (Phi) is 8.52. The lowest BCUT2D eigenvalue weighted by molar-refractivity contribution is -0.189. The van der Waals surface area contributed by atoms with Gasteiger partial charge in [0.2, 0.25) is 0 Å². The maximum absolute atomic E-state index is 13.4. The first kappa shape index (κ1) is 31.9. The predicted molar refractivity (Wildman–Crippen MR) is 157 cm³/mol. The summed E-state index contributed by atoms with van der Waals surface area (Å²) >= 11 is 0. The van der Waals surface area contributed by atoms with E-state index < -0.39 is 40.9 Å². The lowest BCUT2D eigenvalue weighted by Crippen LogP contribution is -2.64. The summed E-state index contributed by atoms with van der Waals surface area (Å²) in [5.74, 6) is -0.885. The molecule has 0 aliphatic heterocycles. The number of carboxylic acid groups (broad SMARTS) is 1. The van der Waals surface area contributed by atoms with Crippen LogP contribution in [0.4, 0.5) is 0 Å². The summed E-state index contributed by atoms with van der Waals surface area (Å²) in [5, 5.41) is 19.2. The molecule has 4 aliphatic carbocycles. The molecule has 2 N–H and O–H groups in total. The second kappa shape index (κ2) is 10.9. The molecule has 230 valence electrons. The SMILES string of the molecule is CO[C@H]1C=C2[C@@H](CC[C@H](OC(=O)CC(=O)O)C2(C)C)[C@]2(C=O)CC[C@]3(C)[C@@H]([C@H](C)C/C=C/C(C)(C)O)CC[C@@]3(C)[C@H]12. The van der Waals surface area contributed by atoms with Crippen molar-refractivity contribution in [3.8, 4) is 0 Å². The number of hydrogen-bond acceptors (Lipinski definition) is 6. The summed E-state index contributed by atoms with van der Waals surface area (Å²) in [6, 6.07) is 0. The van der Waals surface area contributed by atoms with Crippen molar-refractivity contribution in [1.82, 2.24) is 0 Å². The molecule has 3 saturated carbocycles. The third-order valence-corrected chi connectivity index (χ3v) is 12.2. The number of carboxylic acids is 1. The van der Waals surface area contributed by atoms with Crippen molar-refractivity contribution in [2.24, 2.45) is 45.3 Å². The van der Waals surface area contributed by atoms with Gasteiger partial charge in [0.25, 0.3) is 0 Å². The maximum atomic E-state index is 13.4. The highest BCUT2D eigenvalue weighted by Gasteiger charge is 2.71. The number of methoxy groups -OCH3 is 1. The van der Waals surface area contributed by atoms with E-state index in [0.717, 1.165) is 44.1 Å². The van der Waals surface area contributed by atoms with E-state index in [1.165, 1.54) is 6.29 Å². The molecule has 0 aromatic carbocycles. The van der Waals surface area contributed by atoms with E-state index in [1.54, 1.807) is 21.0 Å². The lowest BCUT2D eigenvalue weighted by Gasteiger charge is -2.66. The topological polar surface area (TPSA) is 110 Å². The average molecular weight is 573 g/mol. The number of ether oxygens (including phenoxy) is 2. The molecular weight excluding hydrogens is 520 g/mol. The van der Waals surface area contributed by atoms with Gasteiger partial charge in [-0.3, -0.25) is 9.59 Å². The Bertz CT molecular complexity index is 1100. The molecule has 4 aliphatic rings. The summed E-state index contributed by atoms with van der Waals surface area (Å²) in [4.78, 5) is 36.8. The van der Waals surface area contributed by atoms with Crippen LogP contribution in [-0.2, 0) is 23.9 Å². The van der Waals surface area contributed by atoms with Crippen LogP contribution in [0.2, 0.25) is 0 Å². The fourth-order valence-electron chi connectivity index (χ4n) is 9.98. The number of fused-ring (bicyclic) bond motifs is 5. The molecule has 0 heterocycles. The number of carbonyl (C=O) groups is 3. The number of hydrogen-bond donors (Lipinski definition) is 2. The first-order valence-corrected chi connectivity index (χ1v) is 15.5. The molecule has 41 heavy (non-hydrogen) atoms. The van der Waals surface area contributed by atoms with Crippen molar-refractivity contribution < 1.29 is 34.1 Å². The highest BCUT2D eigenvalue weighted by molar-refractivity contribution is 5.90. The van der Waals surface area contributed by atoms with Crippen LogP contribution < -0.4 is 0 Å². The minimum Gasteiger partial charge on any atom is -0.481 e. The van der Waals surface area contributed by atoms with E-state index in [0.29, 0.717) is 18.3 Å². The van der Waals surface area contributed by atoms with E-state index in [1.807, 2.05) is 6.08 Å². The number of aliphatic carboxylic acids is 1. The van der Waals surface area contributed by atoms with E-state index in [2.05, 4.69) is 46.8 Å². The van der Waals surface area contributed by atoms with Crippen LogP contribution in [0.15, 0.2) is 23.8 Å². The first-order chi connectivity index (χ1) is 19.0. The molecule has 9 atom stereocenters. The predicted octanol–water partition coefficient (Wildman–Crippen LogP) is 6.14. The van der Waals surface area contributed by atoms with E-state index in [-0.39, 0.29) is 28.8 Å². The number of aliphatic hydroxyl groups is 1. The molecular formula is C34H52O7. The standard InChI is InChI=1S/C34H52O7/c1-21(10-9-14-30(2,3)39)22-13-15-33(7)29-25(40-8)18-24-23(34(29,20-35)17-16-32(22,33)6)11-12-26(31(24,4)5)41-28(38)19-27(36)37/h9,14,18,20-23,25-26,29,39H,10-13,15-17,19H2,1-8H3,(H,36,37)/b14-9+/t21-,22-,23-,25+,26+,29+,32-,33+,34-/m1/s1. The van der Waals surface area contributed by atoms with E-state index in [4.69, 9.17) is 14.6 Å². The molecule has 0 amide bonds. The van der Waals surface area contributed by atoms with Crippen molar-refractivity contribution >= 4 is 18.2 Å². The van der Waals surface area contributed by atoms with Gasteiger partial charge < -0.3 is 24.5 Å². The molecule has 0 spiro atoms. The zero-order valence-corrected chi connectivity index (χ0v) is 26.4. The first-order valence-electron chi connectivity index (χ1n) is 15.5. The summed E-state index contributed by atoms with van der Waals surface area (Å²) in [5.41, 5.74) is -0.863. The van der Waals surface area contributed by atoms with Gasteiger partial charge >= 0.3 is 11.9 Å². The van der Waals surface area contributed by atoms with Crippen molar-refractivity contribution in [2.45, 2.75) is 118 Å². The molecule has 0 aromatic rings. The Morgan fingerprint density at radius 2 is 1.78 bits per heavy atom. The Labute approximate surface area is 246 Å². The Morgan fingerprint density at radius 1 is 1.10 bits per heavy atom. The van der Waals surface area contributed by atoms with Gasteiger partial charge in [0.15, 0.2) is 0 Å². The molecule has 0 unspecified atom stereocenters. The minimum atomic E-state index is -1.20. The fourth-order valence-corrected chi connectivity index (χ4v) is 9.98. The fraction of sp³-hybridized carbons (Fsp3) is 0.794. The number of allylic oxidation sites excluding steroid dienone is 1. The van der Waals surface area contributed by atoms with E-state index >= 15 is 0 Å². The Hall–Kier alpha value is -1.99. The summed E-state index contributed by atoms with van der Waals surface area (Å²) in [7, 11) is 1.74. The van der Waals surface area contributed by atoms with Crippen LogP contribution in [0, 0.1) is 45.3 Å². The molecule has 0 saturated heterocycles. The third kappa shape index (κ3) is 5.24. The summed E-state index contributed by atoms with van der Waals surface area (Å²) < 4.78 is 12.0. The smallest absolute Gasteiger partial charge is 0.317 e. The average Bonchev–Trinajstić information content (AvgIpc) is 3.14. The highest BCUT2D eigenvalue weighted by atomic mass is 16.5. The number of carbonyl (C=O) groups excluding carboxylic acids is 2. The Balaban J connectivity index is 1.69. The van der Waals surface area contributed by atoms with E-state index in [9.17, 15) is 19.5 Å². The maximum Gasteiger partial charge on any atom is 0.317 e. The van der Waals surface area contributed by atoms with Crippen LogP contribution in [0.25, 0.3) is 0 Å². The lowest BCUT2D eigenvalue weighted by atomic mass is 9.38. The molecule has 0 bridgehead atoms. The van der Waals surface area contributed by atoms with Crippen molar-refractivity contribution in [3.63, 3.8) is 0 Å². The van der Waals surface area contributed by atoms with Crippen molar-refractivity contribution in [3.05, 3.63) is 23.8 Å². The van der Waals surface area contributed by atoms with Gasteiger partial charge in [0, 0.05) is 23.9 Å². The van der Waals surface area contributed by atoms with Gasteiger partial charge in [-0.05, 0) is 87.4 Å². The molecule has 0 radical (unpaired) electrons. The van der Waals surface area contributed by atoms with Crippen molar-refractivity contribution in [2.75, 3.05) is 7.11 Å². The molecule has 0 aromatic heterocycles. The highest BCUT2D eigenvalue weighted by Crippen LogP contribution is 2.74. The molecule has 7 heteroatoms. The second-order valence-electron chi connectivity index (χ2n) is 15.2. The van der Waals surface area contributed by atoms with Crippen LogP contribution in [0.5, 0.6) is 0 Å². The molecule has 7 nitrogen and oxygen atoms in total. The number of esters is 1. The van der Waals surface area contributed by atoms with Gasteiger partial charge in [0.1, 0.15) is 18.8 Å². The van der Waals surface area contributed by atoms with Crippen LogP contribution >= 0.6 is 0 Å². The van der Waals surface area contributed by atoms with Gasteiger partial charge in [-0.2, -0.15) is 0 Å². The quantitative estimate of drug-likeness (QED) is 0.148. The van der Waals surface area contributed by atoms with Gasteiger partial charge in [-0.1, -0.05) is 58.4 Å². The monoisotopic (exact) mass is 572 g/mol. The minimum absolute atomic E-state index is 0.0355. The Morgan fingerprint density at radius 3 is 2.37 bits per heavy atom. The van der Waals surface area contributed by atoms with Gasteiger partial charge in [0.05, 0.1) is 11.7 Å². The van der Waals surface area contributed by atoms with Gasteiger partial charge in [-0.15, -0.1) is 0 Å². The van der Waals surface area contributed by atoms with Crippen LogP contribution in [0.1, 0.15) is 99.8 Å². The summed E-state index contributed by atoms with van der Waals surface area (Å²) in [6.45, 7) is 14.9. The zero-order valence-electron chi connectivity index (χ0n) is 26.4. The molecule has 3 fully saturated rings. The normalized spacial score (nSPS) is 40.6. The number of rotatable bonds is 9. The number of aldehydes is 1. The van der Waals surface area contributed by atoms with Gasteiger partial charge in [-0.25, -0.2) is 0 Å². The van der Waals surface area contributed by atoms with Crippen LogP contribution in [-0.4, -0.2) is 53.4 Å². The van der Waals surface area contributed by atoms with Crippen molar-refractivity contribution in [1.29, 1.82) is 0 Å². The second-order valence-corrected chi connectivity index (χ2v) is 15.2. The molecule has 4 rings (SSSR count). The third-order valence-electron chi connectivity index (χ3n) is 12.2. The zero-order chi connectivity index (χ0) is 30.6. The largest absolute Gasteiger partial charge is 0.481 e. The summed E-state index contributed by atoms with van der Waals surface area (Å²) in [6.07, 6.45) is 12.3. The van der Waals surface area contributed by atoms with Crippen LogP contribution in [0.3, 0.4) is 0 Å².